The van der Waals surface area contributed by atoms with Crippen LogP contribution < -0.4 is 14.8 Å². The first kappa shape index (κ1) is 20.5. The number of thiocarbonyl (C=S) groups is 1. The maximum absolute atomic E-state index is 12.3. The van der Waals surface area contributed by atoms with Crippen molar-refractivity contribution in [1.29, 1.82) is 0 Å². The summed E-state index contributed by atoms with van der Waals surface area (Å²) in [6, 6.07) is 3.26. The second-order valence-electron chi connectivity index (χ2n) is 6.43. The van der Waals surface area contributed by atoms with Crippen LogP contribution in [0.15, 0.2) is 23.4 Å². The maximum atomic E-state index is 12.3. The summed E-state index contributed by atoms with van der Waals surface area (Å²) in [6.45, 7) is 9.67. The van der Waals surface area contributed by atoms with Gasteiger partial charge in [0.15, 0.2) is 22.4 Å². The van der Waals surface area contributed by atoms with E-state index < -0.39 is 0 Å². The predicted molar refractivity (Wildman–Crippen MR) is 108 cm³/mol. The van der Waals surface area contributed by atoms with Crippen LogP contribution in [-0.4, -0.2) is 35.6 Å². The average molecular weight is 397 g/mol. The molecule has 0 aromatic heterocycles. The molecule has 0 aliphatic carbocycles. The van der Waals surface area contributed by atoms with Crippen LogP contribution in [-0.2, 0) is 4.79 Å². The van der Waals surface area contributed by atoms with Crippen molar-refractivity contribution in [2.75, 3.05) is 13.7 Å². The molecule has 1 aliphatic rings. The SMILES string of the molecule is CCOc1cc(C2NC(=S)N(C)C(C)=C2C(C)=O)cc(Cl)c1OC(C)C. The molecule has 0 saturated heterocycles. The van der Waals surface area contributed by atoms with Crippen molar-refractivity contribution < 1.29 is 14.3 Å². The molecule has 1 atom stereocenters. The Morgan fingerprint density at radius 3 is 2.62 bits per heavy atom. The summed E-state index contributed by atoms with van der Waals surface area (Å²) in [5.41, 5.74) is 2.27. The summed E-state index contributed by atoms with van der Waals surface area (Å²) >= 11 is 11.9. The summed E-state index contributed by atoms with van der Waals surface area (Å²) in [5, 5.41) is 4.21. The average Bonchev–Trinajstić information content (AvgIpc) is 2.54. The number of allylic oxidation sites excluding steroid dienone is 1. The normalized spacial score (nSPS) is 17.5. The molecule has 0 amide bonds. The van der Waals surface area contributed by atoms with Gasteiger partial charge in [-0.05, 0) is 64.5 Å². The van der Waals surface area contributed by atoms with E-state index >= 15 is 0 Å². The molecule has 5 nitrogen and oxygen atoms in total. The fourth-order valence-electron chi connectivity index (χ4n) is 2.91. The van der Waals surface area contributed by atoms with E-state index in [4.69, 9.17) is 33.3 Å². The van der Waals surface area contributed by atoms with Gasteiger partial charge >= 0.3 is 0 Å². The summed E-state index contributed by atoms with van der Waals surface area (Å²) in [7, 11) is 1.84. The van der Waals surface area contributed by atoms with E-state index in [2.05, 4.69) is 5.32 Å². The number of carbonyl (C=O) groups is 1. The number of halogens is 1. The van der Waals surface area contributed by atoms with E-state index in [0.717, 1.165) is 11.3 Å². The van der Waals surface area contributed by atoms with Crippen LogP contribution in [0, 0.1) is 0 Å². The minimum Gasteiger partial charge on any atom is -0.490 e. The zero-order valence-corrected chi connectivity index (χ0v) is 17.5. The Balaban J connectivity index is 2.59. The van der Waals surface area contributed by atoms with Gasteiger partial charge in [-0.3, -0.25) is 4.79 Å². The summed E-state index contributed by atoms with van der Waals surface area (Å²) in [5.74, 6) is 1.04. The highest BCUT2D eigenvalue weighted by molar-refractivity contribution is 7.80. The van der Waals surface area contributed by atoms with Gasteiger partial charge in [-0.25, -0.2) is 0 Å². The van der Waals surface area contributed by atoms with E-state index in [1.54, 1.807) is 17.9 Å². The van der Waals surface area contributed by atoms with E-state index in [0.29, 0.717) is 33.8 Å². The van der Waals surface area contributed by atoms with Crippen molar-refractivity contribution in [2.24, 2.45) is 0 Å². The molecule has 1 N–H and O–H groups in total. The van der Waals surface area contributed by atoms with Crippen molar-refractivity contribution in [3.05, 3.63) is 34.0 Å². The molecule has 1 heterocycles. The fraction of sp³-hybridized carbons (Fsp3) is 0.474. The van der Waals surface area contributed by atoms with Gasteiger partial charge in [0.25, 0.3) is 0 Å². The molecule has 0 bridgehead atoms. The molecule has 0 radical (unpaired) electrons. The Morgan fingerprint density at radius 1 is 1.42 bits per heavy atom. The summed E-state index contributed by atoms with van der Waals surface area (Å²) in [4.78, 5) is 14.1. The third-order valence-electron chi connectivity index (χ3n) is 4.15. The Kier molecular flexibility index (Phi) is 6.53. The molecular weight excluding hydrogens is 372 g/mol. The van der Waals surface area contributed by atoms with Gasteiger partial charge in [0, 0.05) is 18.3 Å². The largest absolute Gasteiger partial charge is 0.490 e. The molecule has 1 aromatic carbocycles. The van der Waals surface area contributed by atoms with Crippen LogP contribution in [0.1, 0.15) is 46.2 Å². The minimum absolute atomic E-state index is 0.0223. The van der Waals surface area contributed by atoms with Crippen LogP contribution in [0.3, 0.4) is 0 Å². The predicted octanol–water partition coefficient (Wildman–Crippen LogP) is 4.25. The van der Waals surface area contributed by atoms with Crippen molar-refractivity contribution in [3.63, 3.8) is 0 Å². The number of benzene rings is 1. The highest BCUT2D eigenvalue weighted by atomic mass is 35.5. The summed E-state index contributed by atoms with van der Waals surface area (Å²) < 4.78 is 11.6. The van der Waals surface area contributed by atoms with Gasteiger partial charge in [-0.15, -0.1) is 0 Å². The van der Waals surface area contributed by atoms with Crippen molar-refractivity contribution in [3.8, 4) is 11.5 Å². The Morgan fingerprint density at radius 2 is 2.08 bits per heavy atom. The lowest BCUT2D eigenvalue weighted by Crippen LogP contribution is -2.45. The van der Waals surface area contributed by atoms with E-state index in [-0.39, 0.29) is 17.9 Å². The molecule has 0 fully saturated rings. The number of hydrogen-bond donors (Lipinski definition) is 1. The van der Waals surface area contributed by atoms with Crippen LogP contribution in [0.5, 0.6) is 11.5 Å². The smallest absolute Gasteiger partial charge is 0.180 e. The Bertz CT molecular complexity index is 761. The molecule has 2 rings (SSSR count). The minimum atomic E-state index is -0.388. The van der Waals surface area contributed by atoms with Gasteiger partial charge in [0.05, 0.1) is 23.8 Å². The molecular formula is C19H25ClN2O3S. The lowest BCUT2D eigenvalue weighted by Gasteiger charge is -2.35. The Hall–Kier alpha value is -1.79. The van der Waals surface area contributed by atoms with Gasteiger partial charge in [-0.2, -0.15) is 0 Å². The topological polar surface area (TPSA) is 50.8 Å². The van der Waals surface area contributed by atoms with Gasteiger partial charge in [0.2, 0.25) is 0 Å². The zero-order valence-electron chi connectivity index (χ0n) is 16.0. The number of hydrogen-bond acceptors (Lipinski definition) is 4. The first-order chi connectivity index (χ1) is 12.2. The molecule has 1 aromatic rings. The first-order valence-electron chi connectivity index (χ1n) is 8.56. The molecule has 1 unspecified atom stereocenters. The van der Waals surface area contributed by atoms with E-state index in [1.807, 2.05) is 40.8 Å². The molecule has 26 heavy (non-hydrogen) atoms. The van der Waals surface area contributed by atoms with Crippen molar-refractivity contribution >= 4 is 34.7 Å². The fourth-order valence-corrected chi connectivity index (χ4v) is 3.43. The third kappa shape index (κ3) is 4.13. The van der Waals surface area contributed by atoms with Crippen LogP contribution >= 0.6 is 23.8 Å². The van der Waals surface area contributed by atoms with E-state index in [9.17, 15) is 4.79 Å². The highest BCUT2D eigenvalue weighted by Crippen LogP contribution is 2.41. The van der Waals surface area contributed by atoms with Crippen LogP contribution in [0.25, 0.3) is 0 Å². The van der Waals surface area contributed by atoms with Crippen molar-refractivity contribution in [2.45, 2.75) is 46.8 Å². The lowest BCUT2D eigenvalue weighted by molar-refractivity contribution is -0.114. The maximum Gasteiger partial charge on any atom is 0.180 e. The molecule has 1 aliphatic heterocycles. The first-order valence-corrected chi connectivity index (χ1v) is 9.34. The van der Waals surface area contributed by atoms with Crippen molar-refractivity contribution in [1.82, 2.24) is 10.2 Å². The number of carbonyl (C=O) groups excluding carboxylic acids is 1. The second kappa shape index (κ2) is 8.27. The van der Waals surface area contributed by atoms with Crippen LogP contribution in [0.4, 0.5) is 0 Å². The number of nitrogens with zero attached hydrogens (tertiary/aromatic N) is 1. The number of ketones is 1. The zero-order chi connectivity index (χ0) is 19.6. The quantitative estimate of drug-likeness (QED) is 0.725. The van der Waals surface area contributed by atoms with Gasteiger partial charge in [-0.1, -0.05) is 11.6 Å². The standard InChI is InChI=1S/C19H25ClN2O3S/c1-7-24-15-9-13(8-14(20)18(15)25-10(2)3)17-16(12(5)23)11(4)22(6)19(26)21-17/h8-10,17H,7H2,1-6H3,(H,21,26). The highest BCUT2D eigenvalue weighted by Gasteiger charge is 2.31. The molecule has 7 heteroatoms. The van der Waals surface area contributed by atoms with Gasteiger partial charge < -0.3 is 19.7 Å². The number of ether oxygens (including phenoxy) is 2. The number of Topliss-reactive ketones (excluding diaryl/α,β-unsaturated/α-hetero) is 1. The monoisotopic (exact) mass is 396 g/mol. The van der Waals surface area contributed by atoms with Crippen LogP contribution in [0.2, 0.25) is 5.02 Å². The summed E-state index contributed by atoms with van der Waals surface area (Å²) in [6.07, 6.45) is -0.0403. The van der Waals surface area contributed by atoms with Gasteiger partial charge in [0.1, 0.15) is 0 Å². The molecule has 0 spiro atoms. The third-order valence-corrected chi connectivity index (χ3v) is 4.82. The number of nitrogens with one attached hydrogen (secondary N) is 1. The Labute approximate surface area is 165 Å². The molecule has 142 valence electrons. The van der Waals surface area contributed by atoms with E-state index in [1.165, 1.54) is 0 Å². The lowest BCUT2D eigenvalue weighted by atomic mass is 9.92. The second-order valence-corrected chi connectivity index (χ2v) is 7.22. The number of rotatable bonds is 6. The molecule has 0 saturated carbocycles.